The average Bonchev–Trinajstić information content (AvgIpc) is 3.30. The second-order valence-electron chi connectivity index (χ2n) is 16.5. The Morgan fingerprint density at radius 2 is 1.47 bits per heavy atom. The zero-order valence-corrected chi connectivity index (χ0v) is 40.7. The monoisotopic (exact) mass is 942 g/mol. The third-order valence-electron chi connectivity index (χ3n) is 11.3. The van der Waals surface area contributed by atoms with E-state index >= 15 is 0 Å². The topological polar surface area (TPSA) is 176 Å². The minimum absolute atomic E-state index is 0.0219. The molecule has 1 aliphatic rings. The summed E-state index contributed by atoms with van der Waals surface area (Å²) in [6.07, 6.45) is 15.4. The molecule has 1 aliphatic heterocycles. The summed E-state index contributed by atoms with van der Waals surface area (Å²) in [5, 5.41) is 2.85. The van der Waals surface area contributed by atoms with Gasteiger partial charge >= 0.3 is 5.97 Å². The summed E-state index contributed by atoms with van der Waals surface area (Å²) in [6.45, 7) is 7.29. The number of amidine groups is 1. The number of likely N-dealkylation sites (N-methyl/N-ethyl adjacent to an activating group) is 1. The Labute approximate surface area is 392 Å². The molecule has 5 rings (SSSR count). The molecule has 14 nitrogen and oxygen atoms in total. The van der Waals surface area contributed by atoms with Gasteiger partial charge in [0, 0.05) is 25.3 Å². The van der Waals surface area contributed by atoms with E-state index in [0.717, 1.165) is 35.5 Å². The van der Waals surface area contributed by atoms with E-state index in [-0.39, 0.29) is 58.8 Å². The molecule has 0 saturated heterocycles. The van der Waals surface area contributed by atoms with Gasteiger partial charge in [-0.2, -0.15) is 0 Å². The number of amides is 1. The summed E-state index contributed by atoms with van der Waals surface area (Å²) in [5.74, 6) is -1.33. The summed E-state index contributed by atoms with van der Waals surface area (Å²) in [7, 11) is -6.22. The molecule has 0 radical (unpaired) electrons. The largest absolute Gasteiger partial charge is 0.495 e. The number of rotatable bonds is 27. The van der Waals surface area contributed by atoms with Crippen molar-refractivity contribution in [2.75, 3.05) is 49.8 Å². The zero-order chi connectivity index (χ0) is 47.5. The molecule has 2 N–H and O–H groups in total. The predicted octanol–water partition coefficient (Wildman–Crippen LogP) is 9.88. The standard InChI is InChI=1S/C50H66N6O8S2/c1-6-8-9-10-11-12-13-14-15-16-17-23-34-64-50(58)40-28-31-45(63-4)44(36-40)54-49(57)47(52-42-30-29-41(35-38(42)3)55(7-2)33-32-51-65(5,59)60)48-53-43-26-21-22-27-46(43)66(61,62)56(48)37-39-24-19-18-20-25-39/h18-22,24-31,35-36,51H,6-17,23,32-34,37H2,1-5H3,(H,54,57). The average molecular weight is 943 g/mol. The first kappa shape index (κ1) is 51.4. The highest BCUT2D eigenvalue weighted by Gasteiger charge is 2.38. The van der Waals surface area contributed by atoms with Crippen molar-refractivity contribution in [3.8, 4) is 5.75 Å². The number of hydrogen-bond donors (Lipinski definition) is 2. The Morgan fingerprint density at radius 1 is 0.818 bits per heavy atom. The normalized spacial score (nSPS) is 13.4. The lowest BCUT2D eigenvalue weighted by Gasteiger charge is -2.30. The third-order valence-corrected chi connectivity index (χ3v) is 13.8. The molecule has 0 atom stereocenters. The van der Waals surface area contributed by atoms with Gasteiger partial charge in [0.25, 0.3) is 15.9 Å². The lowest BCUT2D eigenvalue weighted by Crippen LogP contribution is -2.46. The minimum Gasteiger partial charge on any atom is -0.495 e. The molecular formula is C50H66N6O8S2. The quantitative estimate of drug-likeness (QED) is 0.0335. The molecule has 0 fully saturated rings. The summed E-state index contributed by atoms with van der Waals surface area (Å²) in [6, 6.07) is 25.3. The molecule has 66 heavy (non-hydrogen) atoms. The SMILES string of the molecule is CCCCCCCCCCCCCCOC(=O)c1ccc(OC)c(NC(=O)C(=Nc2ccc(N(CC)CCNS(C)(=O)=O)cc2C)C2=Nc3ccccc3S(=O)(=O)N2Cc2ccccc2)c1. The van der Waals surface area contributed by atoms with E-state index in [0.29, 0.717) is 29.9 Å². The number of para-hydroxylation sites is 1. The van der Waals surface area contributed by atoms with Crippen molar-refractivity contribution in [3.63, 3.8) is 0 Å². The number of fused-ring (bicyclic) bond motifs is 1. The Kier molecular flexibility index (Phi) is 19.8. The number of esters is 1. The molecule has 0 aliphatic carbocycles. The Bertz CT molecular complexity index is 2530. The second-order valence-corrected chi connectivity index (χ2v) is 20.1. The van der Waals surface area contributed by atoms with Gasteiger partial charge in [-0.15, -0.1) is 0 Å². The van der Waals surface area contributed by atoms with Crippen LogP contribution < -0.4 is 19.7 Å². The van der Waals surface area contributed by atoms with E-state index in [2.05, 4.69) is 17.0 Å². The van der Waals surface area contributed by atoms with E-state index < -0.39 is 31.9 Å². The van der Waals surface area contributed by atoms with Crippen molar-refractivity contribution < 1.29 is 35.9 Å². The summed E-state index contributed by atoms with van der Waals surface area (Å²) < 4.78 is 67.3. The van der Waals surface area contributed by atoms with Crippen LogP contribution in [-0.2, 0) is 36.1 Å². The van der Waals surface area contributed by atoms with E-state index in [4.69, 9.17) is 19.5 Å². The fourth-order valence-electron chi connectivity index (χ4n) is 7.68. The number of unbranched alkanes of at least 4 members (excludes halogenated alkanes) is 11. The van der Waals surface area contributed by atoms with E-state index in [1.165, 1.54) is 77.0 Å². The highest BCUT2D eigenvalue weighted by molar-refractivity contribution is 7.90. The first-order valence-electron chi connectivity index (χ1n) is 23.1. The number of aryl methyl sites for hydroxylation is 1. The Hall–Kier alpha value is -5.58. The van der Waals surface area contributed by atoms with Gasteiger partial charge < -0.3 is 19.7 Å². The molecular weight excluding hydrogens is 877 g/mol. The number of ether oxygens (including phenoxy) is 2. The number of anilines is 2. The maximum Gasteiger partial charge on any atom is 0.338 e. The maximum absolute atomic E-state index is 14.8. The van der Waals surface area contributed by atoms with Gasteiger partial charge in [-0.1, -0.05) is 120 Å². The van der Waals surface area contributed by atoms with Gasteiger partial charge in [0.1, 0.15) is 10.6 Å². The predicted molar refractivity (Wildman–Crippen MR) is 265 cm³/mol. The van der Waals surface area contributed by atoms with E-state index in [9.17, 15) is 26.4 Å². The molecule has 16 heteroatoms. The van der Waals surface area contributed by atoms with Crippen LogP contribution in [-0.4, -0.2) is 84.2 Å². The van der Waals surface area contributed by atoms with Crippen LogP contribution in [0.1, 0.15) is 112 Å². The first-order valence-corrected chi connectivity index (χ1v) is 26.4. The van der Waals surface area contributed by atoms with Crippen molar-refractivity contribution in [2.24, 2.45) is 9.98 Å². The van der Waals surface area contributed by atoms with Gasteiger partial charge in [0.15, 0.2) is 11.5 Å². The van der Waals surface area contributed by atoms with Crippen LogP contribution >= 0.6 is 0 Å². The number of aliphatic imine (C=N–C) groups is 2. The molecule has 0 saturated carbocycles. The lowest BCUT2D eigenvalue weighted by atomic mass is 10.1. The van der Waals surface area contributed by atoms with Gasteiger partial charge in [-0.25, -0.2) is 40.6 Å². The van der Waals surface area contributed by atoms with Gasteiger partial charge in [0.05, 0.1) is 49.1 Å². The van der Waals surface area contributed by atoms with Crippen molar-refractivity contribution in [3.05, 3.63) is 108 Å². The number of nitrogens with one attached hydrogen (secondary N) is 2. The van der Waals surface area contributed by atoms with Crippen LogP contribution in [0.2, 0.25) is 0 Å². The molecule has 1 amide bonds. The Balaban J connectivity index is 1.42. The van der Waals surface area contributed by atoms with Gasteiger partial charge in [0.2, 0.25) is 10.0 Å². The maximum atomic E-state index is 14.8. The molecule has 4 aromatic carbocycles. The van der Waals surface area contributed by atoms with Crippen LogP contribution in [0, 0.1) is 6.92 Å². The fraction of sp³-hybridized carbons (Fsp3) is 0.440. The number of nitrogens with zero attached hydrogens (tertiary/aromatic N) is 4. The summed E-state index contributed by atoms with van der Waals surface area (Å²) >= 11 is 0. The number of methoxy groups -OCH3 is 1. The molecule has 4 aromatic rings. The van der Waals surface area contributed by atoms with Crippen LogP contribution in [0.25, 0.3) is 0 Å². The molecule has 0 unspecified atom stereocenters. The van der Waals surface area contributed by atoms with Crippen molar-refractivity contribution in [1.29, 1.82) is 0 Å². The number of carbonyl (C=O) groups is 2. The van der Waals surface area contributed by atoms with E-state index in [1.807, 2.05) is 30.9 Å². The third kappa shape index (κ3) is 15.0. The molecule has 0 spiro atoms. The number of hydrogen-bond acceptors (Lipinski definition) is 11. The lowest BCUT2D eigenvalue weighted by molar-refractivity contribution is -0.110. The van der Waals surface area contributed by atoms with Gasteiger partial charge in [-0.3, -0.25) is 4.79 Å². The molecule has 1 heterocycles. The van der Waals surface area contributed by atoms with Crippen LogP contribution in [0.3, 0.4) is 0 Å². The summed E-state index contributed by atoms with van der Waals surface area (Å²) in [4.78, 5) is 39.8. The zero-order valence-electron chi connectivity index (χ0n) is 39.1. The minimum atomic E-state index is -4.28. The van der Waals surface area contributed by atoms with Crippen molar-refractivity contribution in [1.82, 2.24) is 9.03 Å². The fourth-order valence-corrected chi connectivity index (χ4v) is 9.68. The molecule has 356 valence electrons. The number of sulfonamides is 2. The highest BCUT2D eigenvalue weighted by atomic mass is 32.2. The van der Waals surface area contributed by atoms with Crippen molar-refractivity contribution >= 4 is 66.2 Å². The Morgan fingerprint density at radius 3 is 2.11 bits per heavy atom. The highest BCUT2D eigenvalue weighted by Crippen LogP contribution is 2.35. The first-order chi connectivity index (χ1) is 31.7. The van der Waals surface area contributed by atoms with Gasteiger partial charge in [-0.05, 0) is 79.9 Å². The van der Waals surface area contributed by atoms with Crippen LogP contribution in [0.4, 0.5) is 22.7 Å². The van der Waals surface area contributed by atoms with Crippen molar-refractivity contribution in [2.45, 2.75) is 109 Å². The number of carbonyl (C=O) groups excluding carboxylic acids is 2. The smallest absolute Gasteiger partial charge is 0.338 e. The van der Waals surface area contributed by atoms with Crippen LogP contribution in [0.5, 0.6) is 5.75 Å². The summed E-state index contributed by atoms with van der Waals surface area (Å²) in [5.41, 5.74) is 2.60. The molecule has 0 aromatic heterocycles. The van der Waals surface area contributed by atoms with Crippen LogP contribution in [0.15, 0.2) is 106 Å². The molecule has 0 bridgehead atoms. The van der Waals surface area contributed by atoms with E-state index in [1.54, 1.807) is 66.7 Å². The number of benzene rings is 4. The second kappa shape index (κ2) is 25.4.